The summed E-state index contributed by atoms with van der Waals surface area (Å²) in [5.41, 5.74) is 0. The van der Waals surface area contributed by atoms with Gasteiger partial charge in [0.15, 0.2) is 0 Å². The molecule has 2 atom stereocenters. The first-order valence-corrected chi connectivity index (χ1v) is 4.42. The maximum Gasteiger partial charge on any atom is 1.00 e. The molecule has 0 aliphatic carbocycles. The Hall–Kier alpha value is -0.180. The van der Waals surface area contributed by atoms with Gasteiger partial charge in [0, 0.05) is 19.0 Å². The molecule has 0 bridgehead atoms. The van der Waals surface area contributed by atoms with E-state index in [1.807, 2.05) is 0 Å². The van der Waals surface area contributed by atoms with Gasteiger partial charge in [-0.05, 0) is 6.42 Å². The van der Waals surface area contributed by atoms with E-state index in [1.54, 1.807) is 0 Å². The fraction of sp³-hybridized carbons (Fsp3) is 0.750. The SMILES string of the molecule is O=C(O)CC[C@H](NCC(O)CO)C(=O)[O-].[Na+]. The molecule has 1 unspecified atom stereocenters. The number of hydrogen-bond acceptors (Lipinski definition) is 6. The normalized spacial score (nSPS) is 13.6. The summed E-state index contributed by atoms with van der Waals surface area (Å²) in [6.45, 7) is -0.625. The Labute approximate surface area is 115 Å². The van der Waals surface area contributed by atoms with Crippen molar-refractivity contribution >= 4 is 11.9 Å². The van der Waals surface area contributed by atoms with Crippen LogP contribution in [0.4, 0.5) is 0 Å². The summed E-state index contributed by atoms with van der Waals surface area (Å²) >= 11 is 0. The maximum atomic E-state index is 10.5. The Morgan fingerprint density at radius 1 is 1.38 bits per heavy atom. The van der Waals surface area contributed by atoms with Crippen LogP contribution >= 0.6 is 0 Å². The van der Waals surface area contributed by atoms with Gasteiger partial charge in [-0.15, -0.1) is 0 Å². The van der Waals surface area contributed by atoms with Crippen LogP contribution in [-0.4, -0.2) is 52.6 Å². The van der Waals surface area contributed by atoms with Gasteiger partial charge in [0.05, 0.1) is 18.7 Å². The van der Waals surface area contributed by atoms with E-state index in [0.29, 0.717) is 0 Å². The molecule has 0 spiro atoms. The van der Waals surface area contributed by atoms with Gasteiger partial charge in [0.2, 0.25) is 0 Å². The molecule has 0 rings (SSSR count). The number of hydrogen-bond donors (Lipinski definition) is 4. The van der Waals surface area contributed by atoms with Crippen LogP contribution in [-0.2, 0) is 9.59 Å². The Bertz CT molecular complexity index is 225. The molecule has 0 aromatic heterocycles. The number of aliphatic carboxylic acids is 2. The van der Waals surface area contributed by atoms with Gasteiger partial charge < -0.3 is 30.5 Å². The summed E-state index contributed by atoms with van der Waals surface area (Å²) in [6, 6.07) is -1.14. The Morgan fingerprint density at radius 3 is 2.31 bits per heavy atom. The predicted molar refractivity (Wildman–Crippen MR) is 46.8 cm³/mol. The van der Waals surface area contributed by atoms with Crippen LogP contribution in [0, 0.1) is 0 Å². The first kappa shape index (κ1) is 18.2. The summed E-state index contributed by atoms with van der Waals surface area (Å²) in [5, 5.41) is 38.6. The fourth-order valence-electron chi connectivity index (χ4n) is 0.914. The topological polar surface area (TPSA) is 130 Å². The molecule has 0 fully saturated rings. The van der Waals surface area contributed by atoms with Crippen LogP contribution < -0.4 is 40.0 Å². The van der Waals surface area contributed by atoms with Crippen molar-refractivity contribution in [3.63, 3.8) is 0 Å². The van der Waals surface area contributed by atoms with Crippen molar-refractivity contribution in [2.24, 2.45) is 0 Å². The Kier molecular flexibility index (Phi) is 11.4. The van der Waals surface area contributed by atoms with E-state index in [0.717, 1.165) is 0 Å². The van der Waals surface area contributed by atoms with Gasteiger partial charge in [-0.1, -0.05) is 0 Å². The number of nitrogens with one attached hydrogen (secondary N) is 1. The number of carbonyl (C=O) groups excluding carboxylic acids is 1. The van der Waals surface area contributed by atoms with Crippen LogP contribution in [0.5, 0.6) is 0 Å². The summed E-state index contributed by atoms with van der Waals surface area (Å²) in [7, 11) is 0. The van der Waals surface area contributed by atoms with Gasteiger partial charge in [-0.2, -0.15) is 0 Å². The molecule has 8 heteroatoms. The summed E-state index contributed by atoms with van der Waals surface area (Å²) in [6.07, 6.45) is -1.51. The summed E-state index contributed by atoms with van der Waals surface area (Å²) in [5.74, 6) is -2.54. The molecule has 0 aromatic rings. The third kappa shape index (κ3) is 9.08. The monoisotopic (exact) mass is 243 g/mol. The van der Waals surface area contributed by atoms with Crippen LogP contribution in [0.2, 0.25) is 0 Å². The van der Waals surface area contributed by atoms with Crippen molar-refractivity contribution in [3.05, 3.63) is 0 Å². The molecule has 0 radical (unpaired) electrons. The number of aliphatic hydroxyl groups is 2. The zero-order chi connectivity index (χ0) is 11.8. The van der Waals surface area contributed by atoms with E-state index >= 15 is 0 Å². The molecular formula is C8H14NNaO6. The van der Waals surface area contributed by atoms with E-state index in [9.17, 15) is 14.7 Å². The fourth-order valence-corrected chi connectivity index (χ4v) is 0.914. The van der Waals surface area contributed by atoms with Crippen molar-refractivity contribution in [1.82, 2.24) is 5.32 Å². The minimum Gasteiger partial charge on any atom is -0.548 e. The number of carbonyl (C=O) groups is 2. The predicted octanol–water partition coefficient (Wildman–Crippen LogP) is -6.08. The number of rotatable bonds is 8. The average molecular weight is 243 g/mol. The van der Waals surface area contributed by atoms with Crippen molar-refractivity contribution in [1.29, 1.82) is 0 Å². The van der Waals surface area contributed by atoms with Crippen molar-refractivity contribution in [2.45, 2.75) is 25.0 Å². The maximum absolute atomic E-state index is 10.5. The molecule has 0 heterocycles. The minimum absolute atomic E-state index is 0. The molecule has 0 aliphatic rings. The van der Waals surface area contributed by atoms with E-state index in [1.165, 1.54) is 0 Å². The number of carboxylic acid groups (broad SMARTS) is 2. The van der Waals surface area contributed by atoms with Gasteiger partial charge in [-0.3, -0.25) is 4.79 Å². The number of carboxylic acids is 2. The first-order chi connectivity index (χ1) is 6.97. The molecule has 7 nitrogen and oxygen atoms in total. The van der Waals surface area contributed by atoms with Crippen LogP contribution in [0.15, 0.2) is 0 Å². The zero-order valence-electron chi connectivity index (χ0n) is 9.05. The van der Waals surface area contributed by atoms with Gasteiger partial charge >= 0.3 is 35.5 Å². The number of aliphatic hydroxyl groups excluding tert-OH is 2. The van der Waals surface area contributed by atoms with Crippen molar-refractivity contribution in [3.8, 4) is 0 Å². The van der Waals surface area contributed by atoms with E-state index in [4.69, 9.17) is 15.3 Å². The smallest absolute Gasteiger partial charge is 0.548 e. The van der Waals surface area contributed by atoms with Gasteiger partial charge in [-0.25, -0.2) is 0 Å². The van der Waals surface area contributed by atoms with Crippen LogP contribution in [0.3, 0.4) is 0 Å². The first-order valence-electron chi connectivity index (χ1n) is 4.42. The molecule has 16 heavy (non-hydrogen) atoms. The standard InChI is InChI=1S/C8H15NO6.Na/c10-4-5(11)3-9-6(8(14)15)1-2-7(12)13;/h5-6,9-11H,1-4H2,(H,12,13)(H,14,15);/q;+1/p-1/t5?,6-;/m0./s1. The van der Waals surface area contributed by atoms with E-state index < -0.39 is 30.7 Å². The van der Waals surface area contributed by atoms with E-state index in [2.05, 4.69) is 5.32 Å². The Morgan fingerprint density at radius 2 is 1.94 bits per heavy atom. The zero-order valence-corrected chi connectivity index (χ0v) is 11.0. The molecule has 0 aromatic carbocycles. The molecule has 0 aliphatic heterocycles. The quantitative estimate of drug-likeness (QED) is 0.312. The molecular weight excluding hydrogens is 229 g/mol. The molecule has 0 saturated heterocycles. The van der Waals surface area contributed by atoms with Gasteiger partial charge in [0.25, 0.3) is 0 Å². The largest absolute Gasteiger partial charge is 1.00 e. The summed E-state index contributed by atoms with van der Waals surface area (Å²) in [4.78, 5) is 20.7. The summed E-state index contributed by atoms with van der Waals surface area (Å²) < 4.78 is 0. The van der Waals surface area contributed by atoms with E-state index in [-0.39, 0.29) is 48.9 Å². The van der Waals surface area contributed by atoms with Crippen molar-refractivity contribution < 1.29 is 59.6 Å². The second kappa shape index (κ2) is 10.0. The molecule has 88 valence electrons. The molecule has 0 saturated carbocycles. The third-order valence-corrected chi connectivity index (χ3v) is 1.74. The van der Waals surface area contributed by atoms with Gasteiger partial charge in [0.1, 0.15) is 0 Å². The van der Waals surface area contributed by atoms with Crippen LogP contribution in [0.1, 0.15) is 12.8 Å². The average Bonchev–Trinajstić information content (AvgIpc) is 2.16. The van der Waals surface area contributed by atoms with Crippen molar-refractivity contribution in [2.75, 3.05) is 13.2 Å². The second-order valence-corrected chi connectivity index (χ2v) is 3.05. The molecule has 0 amide bonds. The molecule has 4 N–H and O–H groups in total. The minimum atomic E-state index is -1.43. The third-order valence-electron chi connectivity index (χ3n) is 1.74. The Balaban J connectivity index is 0. The second-order valence-electron chi connectivity index (χ2n) is 3.05. The van der Waals surface area contributed by atoms with Crippen LogP contribution in [0.25, 0.3) is 0 Å².